The topological polar surface area (TPSA) is 92.7 Å². The fraction of sp³-hybridized carbons (Fsp3) is 0.188. The lowest BCUT2D eigenvalue weighted by molar-refractivity contribution is 0.0698. The van der Waals surface area contributed by atoms with Gasteiger partial charge in [-0.15, -0.1) is 0 Å². The number of aromatic carboxylic acids is 1. The van der Waals surface area contributed by atoms with Crippen molar-refractivity contribution >= 4 is 33.3 Å². The van der Waals surface area contributed by atoms with E-state index in [4.69, 9.17) is 16.3 Å². The van der Waals surface area contributed by atoms with Crippen molar-refractivity contribution in [3.63, 3.8) is 0 Å². The second-order valence-electron chi connectivity index (χ2n) is 5.21. The first-order valence-electron chi connectivity index (χ1n) is 6.86. The Morgan fingerprint density at radius 3 is 2.42 bits per heavy atom. The molecule has 0 fully saturated rings. The van der Waals surface area contributed by atoms with E-state index in [-0.39, 0.29) is 21.2 Å². The number of aryl methyl sites for hydroxylation is 2. The van der Waals surface area contributed by atoms with Gasteiger partial charge in [0.1, 0.15) is 5.75 Å². The number of carboxylic acid groups (broad SMARTS) is 1. The molecule has 0 aromatic heterocycles. The molecule has 24 heavy (non-hydrogen) atoms. The number of sulfonamides is 1. The summed E-state index contributed by atoms with van der Waals surface area (Å²) >= 11 is 5.96. The van der Waals surface area contributed by atoms with E-state index in [1.807, 2.05) is 0 Å². The zero-order chi connectivity index (χ0) is 18.1. The van der Waals surface area contributed by atoms with Crippen LogP contribution in [-0.4, -0.2) is 26.6 Å². The molecule has 0 heterocycles. The average molecular weight is 370 g/mol. The molecule has 0 saturated heterocycles. The highest BCUT2D eigenvalue weighted by Gasteiger charge is 2.21. The van der Waals surface area contributed by atoms with Crippen LogP contribution < -0.4 is 9.46 Å². The van der Waals surface area contributed by atoms with Gasteiger partial charge in [0.2, 0.25) is 0 Å². The van der Waals surface area contributed by atoms with Crippen LogP contribution in [0.15, 0.2) is 35.2 Å². The lowest BCUT2D eigenvalue weighted by Crippen LogP contribution is -2.17. The van der Waals surface area contributed by atoms with Crippen LogP contribution in [0.3, 0.4) is 0 Å². The maximum atomic E-state index is 12.6. The van der Waals surface area contributed by atoms with Crippen LogP contribution >= 0.6 is 11.6 Å². The van der Waals surface area contributed by atoms with Gasteiger partial charge in [0.05, 0.1) is 28.3 Å². The lowest BCUT2D eigenvalue weighted by atomic mass is 10.0. The summed E-state index contributed by atoms with van der Waals surface area (Å²) in [6.45, 7) is 3.37. The number of hydrogen-bond acceptors (Lipinski definition) is 4. The molecule has 0 aliphatic rings. The Hall–Kier alpha value is -2.25. The molecule has 2 rings (SSSR count). The molecule has 0 aliphatic heterocycles. The van der Waals surface area contributed by atoms with Crippen LogP contribution in [0.5, 0.6) is 5.75 Å². The number of nitrogens with one attached hydrogen (secondary N) is 1. The SMILES string of the molecule is COc1ccc(S(=O)(=O)Nc2c(C)cc(C)cc2C(=O)O)cc1Cl. The molecule has 0 radical (unpaired) electrons. The number of benzene rings is 2. The Morgan fingerprint density at radius 2 is 1.88 bits per heavy atom. The van der Waals surface area contributed by atoms with Crippen molar-refractivity contribution < 1.29 is 23.1 Å². The summed E-state index contributed by atoms with van der Waals surface area (Å²) in [6.07, 6.45) is 0. The molecule has 0 aliphatic carbocycles. The van der Waals surface area contributed by atoms with Gasteiger partial charge in [-0.05, 0) is 49.2 Å². The van der Waals surface area contributed by atoms with Crippen LogP contribution in [0.25, 0.3) is 0 Å². The molecule has 0 saturated carbocycles. The van der Waals surface area contributed by atoms with Crippen molar-refractivity contribution in [1.82, 2.24) is 0 Å². The normalized spacial score (nSPS) is 11.2. The van der Waals surface area contributed by atoms with Crippen molar-refractivity contribution in [2.45, 2.75) is 18.7 Å². The fourth-order valence-corrected chi connectivity index (χ4v) is 3.78. The van der Waals surface area contributed by atoms with E-state index in [0.29, 0.717) is 11.3 Å². The smallest absolute Gasteiger partial charge is 0.337 e. The van der Waals surface area contributed by atoms with E-state index >= 15 is 0 Å². The van der Waals surface area contributed by atoms with Crippen LogP contribution in [0.2, 0.25) is 5.02 Å². The standard InChI is InChI=1S/C16H16ClNO5S/c1-9-6-10(2)15(12(7-9)16(19)20)18-24(21,22)11-4-5-14(23-3)13(17)8-11/h4-8,18H,1-3H3,(H,19,20). The number of anilines is 1. The van der Waals surface area contributed by atoms with Crippen molar-refractivity contribution in [3.8, 4) is 5.75 Å². The van der Waals surface area contributed by atoms with Crippen LogP contribution in [-0.2, 0) is 10.0 Å². The number of methoxy groups -OCH3 is 1. The molecule has 2 aromatic carbocycles. The third-order valence-corrected chi connectivity index (χ3v) is 5.02. The minimum absolute atomic E-state index is 0.0278. The maximum absolute atomic E-state index is 12.6. The highest BCUT2D eigenvalue weighted by atomic mass is 35.5. The fourth-order valence-electron chi connectivity index (χ4n) is 2.28. The van der Waals surface area contributed by atoms with Gasteiger partial charge in [-0.3, -0.25) is 4.72 Å². The molecule has 0 spiro atoms. The minimum atomic E-state index is -4.01. The van der Waals surface area contributed by atoms with Crippen molar-refractivity contribution in [1.29, 1.82) is 0 Å². The lowest BCUT2D eigenvalue weighted by Gasteiger charge is -2.15. The molecular weight excluding hydrogens is 354 g/mol. The van der Waals surface area contributed by atoms with E-state index in [9.17, 15) is 18.3 Å². The third kappa shape index (κ3) is 3.63. The summed E-state index contributed by atoms with van der Waals surface area (Å²) in [5.74, 6) is -0.874. The molecule has 0 atom stereocenters. The Bertz CT molecular complexity index is 909. The summed E-state index contributed by atoms with van der Waals surface area (Å²) in [4.78, 5) is 11.3. The predicted octanol–water partition coefficient (Wildman–Crippen LogP) is 3.46. The summed E-state index contributed by atoms with van der Waals surface area (Å²) in [5, 5.41) is 9.46. The number of ether oxygens (including phenoxy) is 1. The van der Waals surface area contributed by atoms with E-state index < -0.39 is 16.0 Å². The molecular formula is C16H16ClNO5S. The van der Waals surface area contributed by atoms with Gasteiger partial charge in [-0.25, -0.2) is 13.2 Å². The molecule has 128 valence electrons. The molecule has 6 nitrogen and oxygen atoms in total. The zero-order valence-corrected chi connectivity index (χ0v) is 14.8. The van der Waals surface area contributed by atoms with Gasteiger partial charge in [0, 0.05) is 0 Å². The molecule has 0 amide bonds. The largest absolute Gasteiger partial charge is 0.495 e. The third-order valence-electron chi connectivity index (χ3n) is 3.38. The van der Waals surface area contributed by atoms with Gasteiger partial charge in [0.15, 0.2) is 0 Å². The number of rotatable bonds is 5. The first-order chi connectivity index (χ1) is 11.2. The molecule has 2 N–H and O–H groups in total. The Balaban J connectivity index is 2.51. The van der Waals surface area contributed by atoms with Crippen molar-refractivity contribution in [2.24, 2.45) is 0 Å². The maximum Gasteiger partial charge on any atom is 0.337 e. The summed E-state index contributed by atoms with van der Waals surface area (Å²) < 4.78 is 32.4. The number of carbonyl (C=O) groups is 1. The summed E-state index contributed by atoms with van der Waals surface area (Å²) in [7, 11) is -2.59. The Kier molecular flexibility index (Phi) is 5.05. The van der Waals surface area contributed by atoms with Crippen LogP contribution in [0.1, 0.15) is 21.5 Å². The predicted molar refractivity (Wildman–Crippen MR) is 91.7 cm³/mol. The summed E-state index contributed by atoms with van der Waals surface area (Å²) in [6, 6.07) is 7.11. The van der Waals surface area contributed by atoms with Gasteiger partial charge in [-0.1, -0.05) is 17.7 Å². The molecule has 0 bridgehead atoms. The molecule has 0 unspecified atom stereocenters. The van der Waals surface area contributed by atoms with E-state index in [0.717, 1.165) is 5.56 Å². The van der Waals surface area contributed by atoms with E-state index in [1.165, 1.54) is 31.4 Å². The van der Waals surface area contributed by atoms with Gasteiger partial charge in [0.25, 0.3) is 10.0 Å². The second kappa shape index (κ2) is 6.70. The first-order valence-corrected chi connectivity index (χ1v) is 8.72. The van der Waals surface area contributed by atoms with E-state index in [1.54, 1.807) is 19.9 Å². The Morgan fingerprint density at radius 1 is 1.21 bits per heavy atom. The highest BCUT2D eigenvalue weighted by Crippen LogP contribution is 2.30. The number of hydrogen-bond donors (Lipinski definition) is 2. The van der Waals surface area contributed by atoms with Crippen molar-refractivity contribution in [2.75, 3.05) is 11.8 Å². The van der Waals surface area contributed by atoms with Crippen LogP contribution in [0.4, 0.5) is 5.69 Å². The first kappa shape index (κ1) is 18.1. The van der Waals surface area contributed by atoms with E-state index in [2.05, 4.69) is 4.72 Å². The van der Waals surface area contributed by atoms with Gasteiger partial charge < -0.3 is 9.84 Å². The van der Waals surface area contributed by atoms with Crippen LogP contribution in [0, 0.1) is 13.8 Å². The van der Waals surface area contributed by atoms with Gasteiger partial charge >= 0.3 is 5.97 Å². The highest BCUT2D eigenvalue weighted by molar-refractivity contribution is 7.92. The second-order valence-corrected chi connectivity index (χ2v) is 7.30. The number of carboxylic acids is 1. The summed E-state index contributed by atoms with van der Waals surface area (Å²) in [5.41, 5.74) is 1.15. The quantitative estimate of drug-likeness (QED) is 0.841. The van der Waals surface area contributed by atoms with Crippen molar-refractivity contribution in [3.05, 3.63) is 52.0 Å². The Labute approximate surface area is 145 Å². The molecule has 2 aromatic rings. The monoisotopic (exact) mass is 369 g/mol. The minimum Gasteiger partial charge on any atom is -0.495 e. The molecule has 8 heteroatoms. The number of halogens is 1. The van der Waals surface area contributed by atoms with Gasteiger partial charge in [-0.2, -0.15) is 0 Å². The average Bonchev–Trinajstić information content (AvgIpc) is 2.49. The zero-order valence-electron chi connectivity index (χ0n) is 13.3.